The highest BCUT2D eigenvalue weighted by atomic mass is 32.1. The minimum atomic E-state index is 0.248. The predicted molar refractivity (Wildman–Crippen MR) is 58.3 cm³/mol. The van der Waals surface area contributed by atoms with E-state index in [0.717, 1.165) is 12.8 Å². The van der Waals surface area contributed by atoms with Crippen molar-refractivity contribution in [3.05, 3.63) is 18.1 Å². The van der Waals surface area contributed by atoms with Crippen molar-refractivity contribution in [3.63, 3.8) is 0 Å². The van der Waals surface area contributed by atoms with Crippen molar-refractivity contribution in [1.82, 2.24) is 9.97 Å². The van der Waals surface area contributed by atoms with Gasteiger partial charge in [0.15, 0.2) is 0 Å². The highest BCUT2D eigenvalue weighted by molar-refractivity contribution is 7.80. The fourth-order valence-corrected chi connectivity index (χ4v) is 0.944. The van der Waals surface area contributed by atoms with E-state index in [4.69, 9.17) is 22.7 Å². The summed E-state index contributed by atoms with van der Waals surface area (Å²) >= 11 is 4.75. The Kier molecular flexibility index (Phi) is 4.25. The Balaban J connectivity index is 2.51. The van der Waals surface area contributed by atoms with Crippen molar-refractivity contribution < 1.29 is 4.74 Å². The number of nitrogens with zero attached hydrogens (tertiary/aromatic N) is 2. The maximum Gasteiger partial charge on any atom is 0.232 e. The van der Waals surface area contributed by atoms with Crippen molar-refractivity contribution in [2.75, 3.05) is 6.61 Å². The molecule has 0 aliphatic carbocycles. The lowest BCUT2D eigenvalue weighted by Gasteiger charge is -2.03. The smallest absolute Gasteiger partial charge is 0.232 e. The third-order valence-corrected chi connectivity index (χ3v) is 1.84. The van der Waals surface area contributed by atoms with Gasteiger partial charge in [0.2, 0.25) is 5.88 Å². The first-order valence-electron chi connectivity index (χ1n) is 4.48. The molecule has 0 saturated heterocycles. The molecule has 14 heavy (non-hydrogen) atoms. The number of unbranched alkanes of at least 4 members (excludes halogenated alkanes) is 1. The van der Waals surface area contributed by atoms with Gasteiger partial charge in [-0.1, -0.05) is 25.6 Å². The van der Waals surface area contributed by atoms with Gasteiger partial charge in [0.05, 0.1) is 19.0 Å². The largest absolute Gasteiger partial charge is 0.477 e. The predicted octanol–water partition coefficient (Wildman–Crippen LogP) is 1.29. The molecule has 2 N–H and O–H groups in total. The number of rotatable bonds is 5. The van der Waals surface area contributed by atoms with Crippen molar-refractivity contribution in [1.29, 1.82) is 0 Å². The van der Waals surface area contributed by atoms with Crippen LogP contribution in [0.5, 0.6) is 5.88 Å². The third-order valence-electron chi connectivity index (χ3n) is 1.63. The second-order valence-electron chi connectivity index (χ2n) is 2.81. The van der Waals surface area contributed by atoms with Gasteiger partial charge in [-0.2, -0.15) is 0 Å². The SMILES string of the molecule is CCCCOc1cnc(C(N)=S)cn1. The fourth-order valence-electron chi connectivity index (χ4n) is 0.839. The molecule has 0 aliphatic heterocycles. The van der Waals surface area contributed by atoms with Crippen LogP contribution in [0.15, 0.2) is 12.4 Å². The number of nitrogens with two attached hydrogens (primary N) is 1. The van der Waals surface area contributed by atoms with Crippen molar-refractivity contribution in [2.24, 2.45) is 5.73 Å². The van der Waals surface area contributed by atoms with Crippen molar-refractivity contribution >= 4 is 17.2 Å². The Morgan fingerprint density at radius 1 is 1.50 bits per heavy atom. The third kappa shape index (κ3) is 3.26. The maximum atomic E-state index is 5.37. The Morgan fingerprint density at radius 2 is 2.29 bits per heavy atom. The molecule has 76 valence electrons. The number of aromatic nitrogens is 2. The van der Waals surface area contributed by atoms with Crippen LogP contribution in [0.25, 0.3) is 0 Å². The standard InChI is InChI=1S/C9H13N3OS/c1-2-3-4-13-8-6-11-7(5-12-8)9(10)14/h5-6H,2-4H2,1H3,(H2,10,14). The van der Waals surface area contributed by atoms with Gasteiger partial charge in [-0.05, 0) is 6.42 Å². The molecule has 0 amide bonds. The molecule has 1 aromatic rings. The number of thiocarbonyl (C=S) groups is 1. The lowest BCUT2D eigenvalue weighted by Crippen LogP contribution is -2.12. The zero-order chi connectivity index (χ0) is 10.4. The van der Waals surface area contributed by atoms with Crippen LogP contribution in [0, 0.1) is 0 Å². The summed E-state index contributed by atoms with van der Waals surface area (Å²) in [7, 11) is 0. The minimum absolute atomic E-state index is 0.248. The molecular weight excluding hydrogens is 198 g/mol. The molecule has 1 aromatic heterocycles. The summed E-state index contributed by atoms with van der Waals surface area (Å²) in [5.74, 6) is 0.512. The average Bonchev–Trinajstić information content (AvgIpc) is 2.19. The van der Waals surface area contributed by atoms with Gasteiger partial charge in [-0.3, -0.25) is 0 Å². The van der Waals surface area contributed by atoms with E-state index in [1.165, 1.54) is 12.4 Å². The molecule has 0 spiro atoms. The van der Waals surface area contributed by atoms with E-state index >= 15 is 0 Å². The van der Waals surface area contributed by atoms with Crippen LogP contribution in [0.3, 0.4) is 0 Å². The zero-order valence-electron chi connectivity index (χ0n) is 8.06. The Bertz CT molecular complexity index is 299. The second kappa shape index (κ2) is 5.49. The molecular formula is C9H13N3OS. The van der Waals surface area contributed by atoms with Crippen molar-refractivity contribution in [3.8, 4) is 5.88 Å². The van der Waals surface area contributed by atoms with Gasteiger partial charge in [0.1, 0.15) is 10.7 Å². The van der Waals surface area contributed by atoms with E-state index in [2.05, 4.69) is 16.9 Å². The van der Waals surface area contributed by atoms with Crippen LogP contribution in [0.2, 0.25) is 0 Å². The molecule has 0 radical (unpaired) electrons. The number of hydrogen-bond acceptors (Lipinski definition) is 4. The maximum absolute atomic E-state index is 5.37. The van der Waals surface area contributed by atoms with Gasteiger partial charge in [0, 0.05) is 0 Å². The van der Waals surface area contributed by atoms with Crippen LogP contribution in [-0.2, 0) is 0 Å². The topological polar surface area (TPSA) is 61.0 Å². The summed E-state index contributed by atoms with van der Waals surface area (Å²) in [5, 5.41) is 0. The van der Waals surface area contributed by atoms with E-state index in [1.54, 1.807) is 0 Å². The van der Waals surface area contributed by atoms with Crippen LogP contribution in [0.4, 0.5) is 0 Å². The van der Waals surface area contributed by atoms with E-state index in [9.17, 15) is 0 Å². The molecule has 0 fully saturated rings. The van der Waals surface area contributed by atoms with Crippen LogP contribution < -0.4 is 10.5 Å². The minimum Gasteiger partial charge on any atom is -0.477 e. The lowest BCUT2D eigenvalue weighted by atomic mass is 10.4. The molecule has 0 unspecified atom stereocenters. The molecule has 4 nitrogen and oxygen atoms in total. The normalized spacial score (nSPS) is 9.79. The Hall–Kier alpha value is -1.23. The van der Waals surface area contributed by atoms with Crippen LogP contribution in [-0.4, -0.2) is 21.6 Å². The quantitative estimate of drug-likeness (QED) is 0.587. The first kappa shape index (κ1) is 10.8. The Morgan fingerprint density at radius 3 is 2.79 bits per heavy atom. The summed E-state index contributed by atoms with van der Waals surface area (Å²) in [5.41, 5.74) is 5.89. The van der Waals surface area contributed by atoms with Gasteiger partial charge < -0.3 is 10.5 Å². The van der Waals surface area contributed by atoms with E-state index in [-0.39, 0.29) is 4.99 Å². The van der Waals surface area contributed by atoms with Gasteiger partial charge in [-0.25, -0.2) is 9.97 Å². The summed E-state index contributed by atoms with van der Waals surface area (Å²) in [6, 6.07) is 0. The monoisotopic (exact) mass is 211 g/mol. The van der Waals surface area contributed by atoms with E-state index < -0.39 is 0 Å². The molecule has 0 aromatic carbocycles. The average molecular weight is 211 g/mol. The highest BCUT2D eigenvalue weighted by Gasteiger charge is 1.99. The van der Waals surface area contributed by atoms with Crippen LogP contribution in [0.1, 0.15) is 25.5 Å². The highest BCUT2D eigenvalue weighted by Crippen LogP contribution is 2.04. The second-order valence-corrected chi connectivity index (χ2v) is 3.25. The van der Waals surface area contributed by atoms with Crippen molar-refractivity contribution in [2.45, 2.75) is 19.8 Å². The summed E-state index contributed by atoms with van der Waals surface area (Å²) in [4.78, 5) is 8.27. The Labute approximate surface area is 88.5 Å². The lowest BCUT2D eigenvalue weighted by molar-refractivity contribution is 0.296. The summed E-state index contributed by atoms with van der Waals surface area (Å²) in [6.07, 6.45) is 5.16. The molecule has 5 heteroatoms. The zero-order valence-corrected chi connectivity index (χ0v) is 8.88. The molecule has 1 rings (SSSR count). The molecule has 0 atom stereocenters. The van der Waals surface area contributed by atoms with Gasteiger partial charge >= 0.3 is 0 Å². The summed E-state index contributed by atoms with van der Waals surface area (Å²) in [6.45, 7) is 2.77. The molecule has 0 aliphatic rings. The van der Waals surface area contributed by atoms with Crippen LogP contribution >= 0.6 is 12.2 Å². The molecule has 0 bridgehead atoms. The van der Waals surface area contributed by atoms with E-state index in [0.29, 0.717) is 18.2 Å². The molecule has 1 heterocycles. The molecule has 0 saturated carbocycles. The first-order valence-corrected chi connectivity index (χ1v) is 4.89. The fraction of sp³-hybridized carbons (Fsp3) is 0.444. The summed E-state index contributed by atoms with van der Waals surface area (Å²) < 4.78 is 5.32. The first-order chi connectivity index (χ1) is 6.74. The van der Waals surface area contributed by atoms with Gasteiger partial charge in [-0.15, -0.1) is 0 Å². The number of hydrogen-bond donors (Lipinski definition) is 1. The van der Waals surface area contributed by atoms with Gasteiger partial charge in [0.25, 0.3) is 0 Å². The number of ether oxygens (including phenoxy) is 1. The van der Waals surface area contributed by atoms with E-state index in [1.807, 2.05) is 0 Å².